The molecule has 3 rings (SSSR count). The standard InChI is InChI=1S/C19H24N4O4S2/c1-29(26,27)22-16-7-2-8-17-15(16)6-3-11-23(17)13-18(24)21-19(25)20-10-9-14-5-4-12-28-14/h2,4-5,7-8,12,22H,3,6,9-11,13H2,1H3,(H2,20,21,24,25). The van der Waals surface area contributed by atoms with Gasteiger partial charge in [0.15, 0.2) is 0 Å². The zero-order valence-electron chi connectivity index (χ0n) is 16.1. The van der Waals surface area contributed by atoms with Gasteiger partial charge in [0.2, 0.25) is 15.9 Å². The number of benzene rings is 1. The van der Waals surface area contributed by atoms with Crippen LogP contribution in [0.1, 0.15) is 16.9 Å². The second-order valence-electron chi connectivity index (χ2n) is 6.84. The number of amides is 3. The highest BCUT2D eigenvalue weighted by molar-refractivity contribution is 7.92. The van der Waals surface area contributed by atoms with Crippen molar-refractivity contribution in [2.45, 2.75) is 19.3 Å². The molecule has 0 unspecified atom stereocenters. The van der Waals surface area contributed by atoms with Crippen LogP contribution in [0.25, 0.3) is 0 Å². The Hall–Kier alpha value is -2.59. The minimum Gasteiger partial charge on any atom is -0.362 e. The van der Waals surface area contributed by atoms with Crippen LogP contribution >= 0.6 is 11.3 Å². The maximum absolute atomic E-state index is 12.3. The first kappa shape index (κ1) is 21.1. The third kappa shape index (κ3) is 6.20. The van der Waals surface area contributed by atoms with Crippen molar-refractivity contribution in [2.24, 2.45) is 0 Å². The summed E-state index contributed by atoms with van der Waals surface area (Å²) in [5.74, 6) is -0.409. The average Bonchev–Trinajstić information content (AvgIpc) is 3.14. The van der Waals surface area contributed by atoms with Gasteiger partial charge in [-0.25, -0.2) is 13.2 Å². The van der Waals surface area contributed by atoms with E-state index in [1.807, 2.05) is 28.5 Å². The van der Waals surface area contributed by atoms with Crippen LogP contribution in [0.2, 0.25) is 0 Å². The highest BCUT2D eigenvalue weighted by Gasteiger charge is 2.22. The number of nitrogens with one attached hydrogen (secondary N) is 3. The van der Waals surface area contributed by atoms with Crippen molar-refractivity contribution in [3.05, 3.63) is 46.2 Å². The third-order valence-corrected chi connectivity index (χ3v) is 5.99. The largest absolute Gasteiger partial charge is 0.362 e. The molecule has 0 spiro atoms. The number of carbonyl (C=O) groups is 2. The summed E-state index contributed by atoms with van der Waals surface area (Å²) in [6, 6.07) is 8.75. The van der Waals surface area contributed by atoms with Gasteiger partial charge < -0.3 is 10.2 Å². The molecular weight excluding hydrogens is 412 g/mol. The Morgan fingerprint density at radius 3 is 2.76 bits per heavy atom. The molecule has 10 heteroatoms. The Labute approximate surface area is 174 Å². The number of thiophene rings is 1. The topological polar surface area (TPSA) is 108 Å². The highest BCUT2D eigenvalue weighted by atomic mass is 32.2. The van der Waals surface area contributed by atoms with Gasteiger partial charge in [0.05, 0.1) is 18.5 Å². The SMILES string of the molecule is CS(=O)(=O)Nc1cccc2c1CCCN2CC(=O)NC(=O)NCCc1cccs1. The maximum atomic E-state index is 12.3. The molecule has 3 N–H and O–H groups in total. The Morgan fingerprint density at radius 1 is 1.21 bits per heavy atom. The molecule has 3 amide bonds. The number of sulfonamides is 1. The molecule has 0 bridgehead atoms. The van der Waals surface area contributed by atoms with Crippen LogP contribution in [0, 0.1) is 0 Å². The number of carbonyl (C=O) groups excluding carboxylic acids is 2. The summed E-state index contributed by atoms with van der Waals surface area (Å²) in [4.78, 5) is 27.3. The number of imide groups is 1. The van der Waals surface area contributed by atoms with E-state index in [1.54, 1.807) is 23.5 Å². The first-order valence-corrected chi connectivity index (χ1v) is 12.0. The summed E-state index contributed by atoms with van der Waals surface area (Å²) in [6.07, 6.45) is 3.33. The third-order valence-electron chi connectivity index (χ3n) is 4.47. The van der Waals surface area contributed by atoms with E-state index in [0.717, 1.165) is 36.8 Å². The lowest BCUT2D eigenvalue weighted by Crippen LogP contribution is -2.46. The summed E-state index contributed by atoms with van der Waals surface area (Å²) < 4.78 is 25.7. The quantitative estimate of drug-likeness (QED) is 0.615. The number of fused-ring (bicyclic) bond motifs is 1. The predicted octanol–water partition coefficient (Wildman–Crippen LogP) is 1.94. The van der Waals surface area contributed by atoms with Crippen LogP contribution in [0.5, 0.6) is 0 Å². The van der Waals surface area contributed by atoms with Crippen LogP contribution in [-0.2, 0) is 27.7 Å². The van der Waals surface area contributed by atoms with Crippen LogP contribution in [0.3, 0.4) is 0 Å². The zero-order chi connectivity index (χ0) is 20.9. The van der Waals surface area contributed by atoms with Crippen molar-refractivity contribution < 1.29 is 18.0 Å². The first-order chi connectivity index (χ1) is 13.8. The fraction of sp³-hybridized carbons (Fsp3) is 0.368. The number of nitrogens with zero attached hydrogens (tertiary/aromatic N) is 1. The van der Waals surface area contributed by atoms with Crippen molar-refractivity contribution in [1.82, 2.24) is 10.6 Å². The molecule has 1 aromatic heterocycles. The Morgan fingerprint density at radius 2 is 2.03 bits per heavy atom. The molecular formula is C19H24N4O4S2. The molecule has 2 heterocycles. The van der Waals surface area contributed by atoms with Gasteiger partial charge in [-0.05, 0) is 48.4 Å². The van der Waals surface area contributed by atoms with Gasteiger partial charge in [-0.15, -0.1) is 11.3 Å². The average molecular weight is 437 g/mol. The monoisotopic (exact) mass is 436 g/mol. The molecule has 0 saturated heterocycles. The number of rotatable bonds is 7. The summed E-state index contributed by atoms with van der Waals surface area (Å²) in [5, 5.41) is 7.01. The van der Waals surface area contributed by atoms with E-state index >= 15 is 0 Å². The summed E-state index contributed by atoms with van der Waals surface area (Å²) in [7, 11) is -3.39. The van der Waals surface area contributed by atoms with Gasteiger partial charge in [-0.2, -0.15) is 0 Å². The van der Waals surface area contributed by atoms with Crippen molar-refractivity contribution in [3.8, 4) is 0 Å². The van der Waals surface area contributed by atoms with E-state index in [2.05, 4.69) is 15.4 Å². The fourth-order valence-electron chi connectivity index (χ4n) is 3.30. The minimum atomic E-state index is -3.39. The zero-order valence-corrected chi connectivity index (χ0v) is 17.7. The van der Waals surface area contributed by atoms with Gasteiger partial charge >= 0.3 is 6.03 Å². The van der Waals surface area contributed by atoms with Gasteiger partial charge in [0, 0.05) is 23.7 Å². The van der Waals surface area contributed by atoms with Crippen LogP contribution in [-0.4, -0.2) is 46.2 Å². The predicted molar refractivity (Wildman–Crippen MR) is 115 cm³/mol. The van der Waals surface area contributed by atoms with Crippen LogP contribution < -0.4 is 20.3 Å². The molecule has 1 aliphatic heterocycles. The second-order valence-corrected chi connectivity index (χ2v) is 9.62. The lowest BCUT2D eigenvalue weighted by atomic mass is 10.00. The Kier molecular flexibility index (Phi) is 6.75. The van der Waals surface area contributed by atoms with E-state index < -0.39 is 22.0 Å². The minimum absolute atomic E-state index is 0.0215. The van der Waals surface area contributed by atoms with Gasteiger partial charge in [0.25, 0.3) is 0 Å². The second kappa shape index (κ2) is 9.27. The smallest absolute Gasteiger partial charge is 0.321 e. The van der Waals surface area contributed by atoms with Crippen molar-refractivity contribution in [2.75, 3.05) is 35.5 Å². The lowest BCUT2D eigenvalue weighted by molar-refractivity contribution is -0.118. The lowest BCUT2D eigenvalue weighted by Gasteiger charge is -2.32. The normalized spacial score (nSPS) is 13.5. The first-order valence-electron chi connectivity index (χ1n) is 9.26. The molecule has 0 saturated carbocycles. The van der Waals surface area contributed by atoms with E-state index in [4.69, 9.17) is 0 Å². The molecule has 29 heavy (non-hydrogen) atoms. The van der Waals surface area contributed by atoms with E-state index in [0.29, 0.717) is 18.8 Å². The van der Waals surface area contributed by atoms with E-state index in [9.17, 15) is 18.0 Å². The van der Waals surface area contributed by atoms with Gasteiger partial charge in [-0.1, -0.05) is 12.1 Å². The van der Waals surface area contributed by atoms with Crippen molar-refractivity contribution in [3.63, 3.8) is 0 Å². The molecule has 0 radical (unpaired) electrons. The summed E-state index contributed by atoms with van der Waals surface area (Å²) in [5.41, 5.74) is 2.19. The Bertz CT molecular complexity index is 974. The summed E-state index contributed by atoms with van der Waals surface area (Å²) in [6.45, 7) is 1.13. The fourth-order valence-corrected chi connectivity index (χ4v) is 4.60. The van der Waals surface area contributed by atoms with Crippen molar-refractivity contribution in [1.29, 1.82) is 0 Å². The van der Waals surface area contributed by atoms with E-state index in [-0.39, 0.29) is 6.54 Å². The van der Waals surface area contributed by atoms with Crippen LogP contribution in [0.15, 0.2) is 35.7 Å². The molecule has 1 aliphatic rings. The molecule has 2 aromatic rings. The molecule has 156 valence electrons. The van der Waals surface area contributed by atoms with Gasteiger partial charge in [-0.3, -0.25) is 14.8 Å². The molecule has 0 atom stereocenters. The molecule has 0 fully saturated rings. The van der Waals surface area contributed by atoms with E-state index in [1.165, 1.54) is 4.88 Å². The molecule has 0 aliphatic carbocycles. The highest BCUT2D eigenvalue weighted by Crippen LogP contribution is 2.33. The number of anilines is 2. The van der Waals surface area contributed by atoms with Crippen LogP contribution in [0.4, 0.5) is 16.2 Å². The van der Waals surface area contributed by atoms with Crippen molar-refractivity contribution >= 4 is 44.7 Å². The molecule has 8 nitrogen and oxygen atoms in total. The maximum Gasteiger partial charge on any atom is 0.321 e. The Balaban J connectivity index is 1.56. The number of urea groups is 1. The number of hydrogen-bond acceptors (Lipinski definition) is 6. The summed E-state index contributed by atoms with van der Waals surface area (Å²) >= 11 is 1.62. The number of hydrogen-bond donors (Lipinski definition) is 3. The molecule has 1 aromatic carbocycles. The van der Waals surface area contributed by atoms with Gasteiger partial charge in [0.1, 0.15) is 0 Å².